The van der Waals surface area contributed by atoms with Crippen molar-refractivity contribution >= 4 is 0 Å². The highest BCUT2D eigenvalue weighted by Gasteiger charge is 2.43. The second-order valence-electron chi connectivity index (χ2n) is 7.39. The number of aromatic hydroxyl groups is 1. The smallest absolute Gasteiger partial charge is 0.123 e. The van der Waals surface area contributed by atoms with Crippen LogP contribution < -0.4 is 10.1 Å². The van der Waals surface area contributed by atoms with Gasteiger partial charge in [-0.1, -0.05) is 42.8 Å². The number of aryl methyl sites for hydroxylation is 1. The fraction of sp³-hybridized carbons (Fsp3) is 0.455. The Kier molecular flexibility index (Phi) is 5.84. The predicted molar refractivity (Wildman–Crippen MR) is 104 cm³/mol. The molecule has 2 aromatic rings. The molecule has 0 spiro atoms. The van der Waals surface area contributed by atoms with Crippen molar-refractivity contribution in [3.05, 3.63) is 59.7 Å². The van der Waals surface area contributed by atoms with E-state index in [1.54, 1.807) is 18.2 Å². The molecule has 140 valence electrons. The maximum absolute atomic E-state index is 11.5. The summed E-state index contributed by atoms with van der Waals surface area (Å²) in [5, 5.41) is 24.6. The quantitative estimate of drug-likeness (QED) is 0.743. The lowest BCUT2D eigenvalue weighted by Crippen LogP contribution is -2.57. The van der Waals surface area contributed by atoms with E-state index in [4.69, 9.17) is 4.74 Å². The van der Waals surface area contributed by atoms with Crippen LogP contribution in [0.25, 0.3) is 0 Å². The van der Waals surface area contributed by atoms with Gasteiger partial charge in [0.1, 0.15) is 17.6 Å². The van der Waals surface area contributed by atoms with Gasteiger partial charge in [-0.15, -0.1) is 0 Å². The monoisotopic (exact) mass is 355 g/mol. The Morgan fingerprint density at radius 3 is 2.69 bits per heavy atom. The molecule has 0 radical (unpaired) electrons. The van der Waals surface area contributed by atoms with Crippen LogP contribution in [-0.2, 0) is 6.42 Å². The fourth-order valence-electron chi connectivity index (χ4n) is 3.88. The average molecular weight is 355 g/mol. The molecule has 1 aliphatic rings. The molecule has 2 aromatic carbocycles. The molecule has 1 fully saturated rings. The van der Waals surface area contributed by atoms with E-state index in [1.807, 2.05) is 6.07 Å². The zero-order valence-corrected chi connectivity index (χ0v) is 15.6. The van der Waals surface area contributed by atoms with E-state index >= 15 is 0 Å². The zero-order chi connectivity index (χ0) is 18.6. The number of benzene rings is 2. The lowest BCUT2D eigenvalue weighted by Gasteiger charge is -2.44. The highest BCUT2D eigenvalue weighted by molar-refractivity contribution is 5.32. The van der Waals surface area contributed by atoms with Gasteiger partial charge >= 0.3 is 0 Å². The first-order valence-electron chi connectivity index (χ1n) is 9.44. The van der Waals surface area contributed by atoms with E-state index in [1.165, 1.54) is 5.56 Å². The molecule has 0 aliphatic carbocycles. The second kappa shape index (κ2) is 8.11. The zero-order valence-electron chi connectivity index (χ0n) is 15.6. The molecule has 3 rings (SSSR count). The molecule has 0 aromatic heterocycles. The van der Waals surface area contributed by atoms with Crippen molar-refractivity contribution in [3.8, 4) is 11.5 Å². The van der Waals surface area contributed by atoms with Gasteiger partial charge in [-0.05, 0) is 44.0 Å². The average Bonchev–Trinajstić information content (AvgIpc) is 2.62. The molecule has 4 nitrogen and oxygen atoms in total. The third kappa shape index (κ3) is 4.37. The number of nitrogens with one attached hydrogen (secondary N) is 1. The number of piperidine rings is 1. The van der Waals surface area contributed by atoms with Gasteiger partial charge in [-0.2, -0.15) is 0 Å². The van der Waals surface area contributed by atoms with E-state index in [9.17, 15) is 10.2 Å². The summed E-state index contributed by atoms with van der Waals surface area (Å²) in [5.74, 6) is 0.805. The summed E-state index contributed by atoms with van der Waals surface area (Å²) in [7, 11) is 0. The highest BCUT2D eigenvalue weighted by Crippen LogP contribution is 2.34. The minimum atomic E-state index is -0.808. The summed E-state index contributed by atoms with van der Waals surface area (Å²) in [5.41, 5.74) is 1.57. The van der Waals surface area contributed by atoms with Crippen molar-refractivity contribution in [2.75, 3.05) is 13.1 Å². The minimum absolute atomic E-state index is 0.0232. The van der Waals surface area contributed by atoms with Crippen LogP contribution in [0.2, 0.25) is 0 Å². The van der Waals surface area contributed by atoms with Crippen LogP contribution >= 0.6 is 0 Å². The molecular formula is C22H29NO3. The van der Waals surface area contributed by atoms with E-state index in [2.05, 4.69) is 43.4 Å². The lowest BCUT2D eigenvalue weighted by molar-refractivity contribution is -0.0821. The second-order valence-corrected chi connectivity index (χ2v) is 7.39. The van der Waals surface area contributed by atoms with Crippen molar-refractivity contribution in [2.45, 2.75) is 44.8 Å². The Balaban J connectivity index is 1.80. The van der Waals surface area contributed by atoms with Crippen molar-refractivity contribution in [1.82, 2.24) is 5.32 Å². The number of hydrogen-bond donors (Lipinski definition) is 3. The Hall–Kier alpha value is -2.04. The van der Waals surface area contributed by atoms with Gasteiger partial charge < -0.3 is 20.3 Å². The molecule has 26 heavy (non-hydrogen) atoms. The first-order valence-corrected chi connectivity index (χ1v) is 9.44. The molecule has 1 aliphatic heterocycles. The summed E-state index contributed by atoms with van der Waals surface area (Å²) >= 11 is 0. The summed E-state index contributed by atoms with van der Waals surface area (Å²) in [6.07, 6.45) is 1.99. The van der Waals surface area contributed by atoms with Crippen LogP contribution in [0.3, 0.4) is 0 Å². The van der Waals surface area contributed by atoms with E-state index in [0.29, 0.717) is 18.6 Å². The van der Waals surface area contributed by atoms with Crippen LogP contribution in [0.5, 0.6) is 11.5 Å². The van der Waals surface area contributed by atoms with E-state index < -0.39 is 5.60 Å². The van der Waals surface area contributed by atoms with Crippen molar-refractivity contribution in [1.29, 1.82) is 0 Å². The summed E-state index contributed by atoms with van der Waals surface area (Å²) < 4.78 is 6.18. The molecule has 3 unspecified atom stereocenters. The Bertz CT molecular complexity index is 716. The highest BCUT2D eigenvalue weighted by atomic mass is 16.5. The standard InChI is InChI=1S/C22H29NO3/c1-3-21(26-19-6-4-5-18(24)13-19)20-15-23-12-11-22(20,25)14-17-9-7-16(2)8-10-17/h4-10,13,20-21,23-25H,3,11-12,14-15H2,1-2H3. The van der Waals surface area contributed by atoms with Crippen LogP contribution in [0.1, 0.15) is 30.9 Å². The van der Waals surface area contributed by atoms with Crippen LogP contribution in [-0.4, -0.2) is 35.0 Å². The Labute approximate surface area is 155 Å². The first kappa shape index (κ1) is 18.7. The Morgan fingerprint density at radius 1 is 1.23 bits per heavy atom. The van der Waals surface area contributed by atoms with Crippen molar-refractivity contribution < 1.29 is 14.9 Å². The lowest BCUT2D eigenvalue weighted by atomic mass is 9.74. The number of hydrogen-bond acceptors (Lipinski definition) is 4. The normalized spacial score (nSPS) is 24.2. The van der Waals surface area contributed by atoms with Gasteiger partial charge in [-0.25, -0.2) is 0 Å². The van der Waals surface area contributed by atoms with E-state index in [-0.39, 0.29) is 17.8 Å². The number of rotatable bonds is 6. The molecule has 1 heterocycles. The summed E-state index contributed by atoms with van der Waals surface area (Å²) in [6, 6.07) is 15.3. The van der Waals surface area contributed by atoms with E-state index in [0.717, 1.165) is 25.1 Å². The number of aliphatic hydroxyl groups is 1. The summed E-state index contributed by atoms with van der Waals surface area (Å²) in [4.78, 5) is 0. The number of phenols is 1. The molecule has 0 bridgehead atoms. The van der Waals surface area contributed by atoms with Crippen LogP contribution in [0.4, 0.5) is 0 Å². The van der Waals surface area contributed by atoms with Gasteiger partial charge in [0.05, 0.1) is 5.60 Å². The van der Waals surface area contributed by atoms with Gasteiger partial charge in [0.15, 0.2) is 0 Å². The fourth-order valence-corrected chi connectivity index (χ4v) is 3.88. The largest absolute Gasteiger partial charge is 0.508 e. The number of ether oxygens (including phenoxy) is 1. The van der Waals surface area contributed by atoms with Crippen molar-refractivity contribution in [3.63, 3.8) is 0 Å². The third-order valence-corrected chi connectivity index (χ3v) is 5.38. The molecule has 3 atom stereocenters. The molecule has 3 N–H and O–H groups in total. The molecular weight excluding hydrogens is 326 g/mol. The van der Waals surface area contributed by atoms with Crippen LogP contribution in [0.15, 0.2) is 48.5 Å². The van der Waals surface area contributed by atoms with Crippen LogP contribution in [0, 0.1) is 12.8 Å². The molecule has 0 saturated carbocycles. The van der Waals surface area contributed by atoms with Gasteiger partial charge in [0, 0.05) is 24.9 Å². The predicted octanol–water partition coefficient (Wildman–Crippen LogP) is 3.44. The topological polar surface area (TPSA) is 61.7 Å². The molecule has 1 saturated heterocycles. The summed E-state index contributed by atoms with van der Waals surface area (Å²) in [6.45, 7) is 5.68. The number of phenolic OH excluding ortho intramolecular Hbond substituents is 1. The Morgan fingerprint density at radius 2 is 2.00 bits per heavy atom. The maximum Gasteiger partial charge on any atom is 0.123 e. The van der Waals surface area contributed by atoms with Crippen molar-refractivity contribution in [2.24, 2.45) is 5.92 Å². The SMILES string of the molecule is CCC(Oc1cccc(O)c1)C1CNCCC1(O)Cc1ccc(C)cc1. The first-order chi connectivity index (χ1) is 12.5. The maximum atomic E-state index is 11.5. The third-order valence-electron chi connectivity index (χ3n) is 5.38. The van der Waals surface area contributed by atoms with Gasteiger partial charge in [-0.3, -0.25) is 0 Å². The minimum Gasteiger partial charge on any atom is -0.508 e. The van der Waals surface area contributed by atoms with Gasteiger partial charge in [0.2, 0.25) is 0 Å². The molecule has 0 amide bonds. The molecule has 4 heteroatoms. The van der Waals surface area contributed by atoms with Gasteiger partial charge in [0.25, 0.3) is 0 Å².